The van der Waals surface area contributed by atoms with Crippen molar-refractivity contribution >= 4 is 29.3 Å². The minimum atomic E-state index is -0.979. The predicted octanol–water partition coefficient (Wildman–Crippen LogP) is 4.69. The van der Waals surface area contributed by atoms with Gasteiger partial charge in [0.15, 0.2) is 0 Å². The van der Waals surface area contributed by atoms with Crippen LogP contribution in [0.1, 0.15) is 28.3 Å². The van der Waals surface area contributed by atoms with Gasteiger partial charge in [-0.3, -0.25) is 0 Å². The summed E-state index contributed by atoms with van der Waals surface area (Å²) in [4.78, 5) is 12.0. The predicted molar refractivity (Wildman–Crippen MR) is 81.9 cm³/mol. The third-order valence-electron chi connectivity index (χ3n) is 3.42. The van der Waals surface area contributed by atoms with E-state index in [1.54, 1.807) is 23.9 Å². The second-order valence-corrected chi connectivity index (χ2v) is 6.58. The molecule has 3 rings (SSSR count). The molecule has 4 heteroatoms. The molecule has 0 heterocycles. The largest absolute Gasteiger partial charge is 0.478 e. The SMILES string of the molecule is O=C(O)c1cc(SC2CC2c2ccccc2)ccc1Cl. The third kappa shape index (κ3) is 2.84. The Bertz CT molecular complexity index is 642. The summed E-state index contributed by atoms with van der Waals surface area (Å²) in [7, 11) is 0. The number of carboxylic acid groups (broad SMARTS) is 1. The van der Waals surface area contributed by atoms with Crippen LogP contribution in [0.5, 0.6) is 0 Å². The molecule has 1 aliphatic carbocycles. The molecule has 1 aliphatic rings. The fraction of sp³-hybridized carbons (Fsp3) is 0.188. The van der Waals surface area contributed by atoms with Crippen LogP contribution in [-0.4, -0.2) is 16.3 Å². The smallest absolute Gasteiger partial charge is 0.337 e. The molecule has 0 bridgehead atoms. The summed E-state index contributed by atoms with van der Waals surface area (Å²) >= 11 is 7.61. The minimum absolute atomic E-state index is 0.175. The summed E-state index contributed by atoms with van der Waals surface area (Å²) in [5, 5.41) is 9.89. The quantitative estimate of drug-likeness (QED) is 0.890. The number of hydrogen-bond donors (Lipinski definition) is 1. The maximum absolute atomic E-state index is 11.1. The van der Waals surface area contributed by atoms with E-state index in [-0.39, 0.29) is 10.6 Å². The van der Waals surface area contributed by atoms with Crippen molar-refractivity contribution in [3.05, 3.63) is 64.7 Å². The van der Waals surface area contributed by atoms with Gasteiger partial charge in [0.1, 0.15) is 0 Å². The van der Waals surface area contributed by atoms with Crippen molar-refractivity contribution in [1.29, 1.82) is 0 Å². The van der Waals surface area contributed by atoms with Crippen molar-refractivity contribution in [3.63, 3.8) is 0 Å². The molecular formula is C16H13ClO2S. The average Bonchev–Trinajstić information content (AvgIpc) is 3.21. The molecule has 0 spiro atoms. The van der Waals surface area contributed by atoms with Crippen LogP contribution in [0.2, 0.25) is 5.02 Å². The second-order valence-electron chi connectivity index (χ2n) is 4.86. The first-order chi connectivity index (χ1) is 9.65. The van der Waals surface area contributed by atoms with Crippen LogP contribution in [0.3, 0.4) is 0 Å². The Kier molecular flexibility index (Phi) is 3.72. The van der Waals surface area contributed by atoms with Gasteiger partial charge in [-0.15, -0.1) is 11.8 Å². The molecule has 1 N–H and O–H groups in total. The number of carbonyl (C=O) groups is 1. The van der Waals surface area contributed by atoms with Gasteiger partial charge < -0.3 is 5.11 Å². The summed E-state index contributed by atoms with van der Waals surface area (Å²) in [5.74, 6) is -0.405. The van der Waals surface area contributed by atoms with E-state index in [9.17, 15) is 4.79 Å². The number of thioether (sulfide) groups is 1. The molecule has 0 aliphatic heterocycles. The van der Waals surface area contributed by atoms with Crippen molar-refractivity contribution in [1.82, 2.24) is 0 Å². The van der Waals surface area contributed by atoms with Crippen LogP contribution >= 0.6 is 23.4 Å². The fourth-order valence-electron chi connectivity index (χ4n) is 2.27. The molecule has 2 nitrogen and oxygen atoms in total. The molecule has 0 radical (unpaired) electrons. The summed E-state index contributed by atoms with van der Waals surface area (Å²) < 4.78 is 0. The van der Waals surface area contributed by atoms with Crippen molar-refractivity contribution in [2.45, 2.75) is 22.5 Å². The zero-order chi connectivity index (χ0) is 14.1. The van der Waals surface area contributed by atoms with Crippen molar-refractivity contribution < 1.29 is 9.90 Å². The van der Waals surface area contributed by atoms with Crippen LogP contribution in [0.4, 0.5) is 0 Å². The Balaban J connectivity index is 1.71. The standard InChI is InChI=1S/C16H13ClO2S/c17-14-7-6-11(8-13(14)16(18)19)20-15-9-12(15)10-4-2-1-3-5-10/h1-8,12,15H,9H2,(H,18,19). The first-order valence-corrected chi connectivity index (χ1v) is 7.65. The number of rotatable bonds is 4. The first kappa shape index (κ1) is 13.5. The molecule has 0 aromatic heterocycles. The van der Waals surface area contributed by atoms with Gasteiger partial charge in [0.2, 0.25) is 0 Å². The van der Waals surface area contributed by atoms with Crippen LogP contribution in [0.15, 0.2) is 53.4 Å². The number of halogens is 1. The highest BCUT2D eigenvalue weighted by molar-refractivity contribution is 8.00. The van der Waals surface area contributed by atoms with E-state index >= 15 is 0 Å². The highest BCUT2D eigenvalue weighted by Crippen LogP contribution is 2.51. The Morgan fingerprint density at radius 1 is 1.20 bits per heavy atom. The number of aromatic carboxylic acids is 1. The molecule has 2 atom stereocenters. The van der Waals surface area contributed by atoms with Crippen molar-refractivity contribution in [2.24, 2.45) is 0 Å². The van der Waals surface area contributed by atoms with Crippen molar-refractivity contribution in [2.75, 3.05) is 0 Å². The molecule has 20 heavy (non-hydrogen) atoms. The molecular weight excluding hydrogens is 292 g/mol. The molecule has 102 valence electrons. The van der Waals surface area contributed by atoms with Gasteiger partial charge in [0.25, 0.3) is 0 Å². The van der Waals surface area contributed by atoms with E-state index in [1.807, 2.05) is 12.1 Å². The molecule has 1 fully saturated rings. The topological polar surface area (TPSA) is 37.3 Å². The lowest BCUT2D eigenvalue weighted by Crippen LogP contribution is -1.97. The van der Waals surface area contributed by atoms with Gasteiger partial charge in [-0.25, -0.2) is 4.79 Å². The molecule has 1 saturated carbocycles. The summed E-state index contributed by atoms with van der Waals surface area (Å²) in [5.41, 5.74) is 1.53. The average molecular weight is 305 g/mol. The first-order valence-electron chi connectivity index (χ1n) is 6.39. The highest BCUT2D eigenvalue weighted by Gasteiger charge is 2.39. The molecule has 2 aromatic rings. The van der Waals surface area contributed by atoms with Gasteiger partial charge in [0, 0.05) is 10.1 Å². The number of carboxylic acids is 1. The van der Waals surface area contributed by atoms with Gasteiger partial charge in [0.05, 0.1) is 10.6 Å². The number of benzene rings is 2. The monoisotopic (exact) mass is 304 g/mol. The van der Waals surface area contributed by atoms with Crippen LogP contribution in [-0.2, 0) is 0 Å². The minimum Gasteiger partial charge on any atom is -0.478 e. The summed E-state index contributed by atoms with van der Waals surface area (Å²) in [6.45, 7) is 0. The zero-order valence-corrected chi connectivity index (χ0v) is 12.2. The van der Waals surface area contributed by atoms with Gasteiger partial charge in [-0.05, 0) is 36.1 Å². The van der Waals surface area contributed by atoms with E-state index in [1.165, 1.54) is 5.56 Å². The van der Waals surface area contributed by atoms with Gasteiger partial charge in [-0.1, -0.05) is 41.9 Å². The lowest BCUT2D eigenvalue weighted by Gasteiger charge is -2.04. The fourth-order valence-corrected chi connectivity index (χ4v) is 3.77. The maximum Gasteiger partial charge on any atom is 0.337 e. The van der Waals surface area contributed by atoms with Crippen LogP contribution in [0, 0.1) is 0 Å². The van der Waals surface area contributed by atoms with Crippen LogP contribution in [0.25, 0.3) is 0 Å². The van der Waals surface area contributed by atoms with E-state index in [4.69, 9.17) is 16.7 Å². The third-order valence-corrected chi connectivity index (χ3v) is 5.09. The lowest BCUT2D eigenvalue weighted by molar-refractivity contribution is 0.0697. The molecule has 2 aromatic carbocycles. The van der Waals surface area contributed by atoms with E-state index in [0.717, 1.165) is 11.3 Å². The molecule has 0 saturated heterocycles. The normalized spacial score (nSPS) is 20.6. The second kappa shape index (κ2) is 5.51. The van der Waals surface area contributed by atoms with Crippen molar-refractivity contribution in [3.8, 4) is 0 Å². The van der Waals surface area contributed by atoms with Crippen LogP contribution < -0.4 is 0 Å². The number of hydrogen-bond acceptors (Lipinski definition) is 2. The summed E-state index contributed by atoms with van der Waals surface area (Å²) in [6.07, 6.45) is 1.14. The van der Waals surface area contributed by atoms with Gasteiger partial charge >= 0.3 is 5.97 Å². The van der Waals surface area contributed by atoms with E-state index in [2.05, 4.69) is 24.3 Å². The Hall–Kier alpha value is -1.45. The van der Waals surface area contributed by atoms with E-state index < -0.39 is 5.97 Å². The molecule has 2 unspecified atom stereocenters. The Labute approximate surface area is 126 Å². The molecule has 0 amide bonds. The lowest BCUT2D eigenvalue weighted by atomic mass is 10.1. The van der Waals surface area contributed by atoms with E-state index in [0.29, 0.717) is 11.2 Å². The Morgan fingerprint density at radius 3 is 2.65 bits per heavy atom. The summed E-state index contributed by atoms with van der Waals surface area (Å²) in [6, 6.07) is 15.6. The Morgan fingerprint density at radius 2 is 1.95 bits per heavy atom. The van der Waals surface area contributed by atoms with Gasteiger partial charge in [-0.2, -0.15) is 0 Å². The maximum atomic E-state index is 11.1. The highest BCUT2D eigenvalue weighted by atomic mass is 35.5. The zero-order valence-electron chi connectivity index (χ0n) is 10.6.